The van der Waals surface area contributed by atoms with Crippen LogP contribution in [-0.4, -0.2) is 88.2 Å². The molecule has 6 N–H and O–H groups in total. The molecule has 0 aliphatic rings. The average Bonchev–Trinajstić information content (AvgIpc) is 3.29. The SMILES string of the molecule is COc1ccc(N(c2nc(N(c3ccc(OC)cc3O)c3ccc(OC)cc3O)nc(N(c3ccc(OC)cc3O)c3ccc(OC)cc3O)n2)c2ccc(OC)cc2O)c(O)c1. The number of aromatic hydroxyl groups is 6. The molecular formula is C45H42N6O12. The second kappa shape index (κ2) is 17.9. The predicted molar refractivity (Wildman–Crippen MR) is 233 cm³/mol. The standard InChI is InChI=1S/C45H42N6O12/c1-58-25-7-13-31(37(52)19-25)49(32-14-8-26(59-2)20-38(32)53)43-46-44(50(33-15-9-27(60-3)21-39(33)54)34-16-10-28(61-4)22-40(34)55)48-45(47-43)51(35-17-11-29(62-5)23-41(35)56)36-18-12-30(63-6)24-42(36)57/h7-24,52-57H,1-6H3. The quantitative estimate of drug-likeness (QED) is 0.0568. The Balaban J connectivity index is 1.64. The van der Waals surface area contributed by atoms with Gasteiger partial charge >= 0.3 is 0 Å². The molecule has 7 rings (SSSR count). The zero-order valence-corrected chi connectivity index (χ0v) is 34.7. The van der Waals surface area contributed by atoms with E-state index < -0.39 is 0 Å². The van der Waals surface area contributed by atoms with Gasteiger partial charge in [-0.1, -0.05) is 0 Å². The molecule has 7 aromatic rings. The predicted octanol–water partition coefficient (Wildman–Crippen LogP) is 8.57. The Morgan fingerprint density at radius 1 is 0.286 bits per heavy atom. The number of phenols is 6. The molecule has 0 atom stereocenters. The number of hydrogen-bond acceptors (Lipinski definition) is 18. The van der Waals surface area contributed by atoms with Gasteiger partial charge in [-0.15, -0.1) is 0 Å². The number of rotatable bonds is 15. The largest absolute Gasteiger partial charge is 0.506 e. The van der Waals surface area contributed by atoms with Crippen LogP contribution in [0.4, 0.5) is 52.0 Å². The molecule has 0 bridgehead atoms. The molecule has 63 heavy (non-hydrogen) atoms. The van der Waals surface area contributed by atoms with Crippen LogP contribution in [0, 0.1) is 0 Å². The van der Waals surface area contributed by atoms with E-state index in [0.29, 0.717) is 34.5 Å². The molecule has 6 aromatic carbocycles. The summed E-state index contributed by atoms with van der Waals surface area (Å²) in [4.78, 5) is 18.7. The van der Waals surface area contributed by atoms with E-state index in [-0.39, 0.29) is 86.5 Å². The maximum Gasteiger partial charge on any atom is 0.241 e. The summed E-state index contributed by atoms with van der Waals surface area (Å²) in [6, 6.07) is 26.5. The summed E-state index contributed by atoms with van der Waals surface area (Å²) < 4.78 is 32.2. The fraction of sp³-hybridized carbons (Fsp3) is 0.133. The van der Waals surface area contributed by atoms with Gasteiger partial charge in [0.25, 0.3) is 0 Å². The lowest BCUT2D eigenvalue weighted by Gasteiger charge is -2.31. The zero-order chi connectivity index (χ0) is 44.9. The van der Waals surface area contributed by atoms with E-state index in [0.717, 1.165) is 0 Å². The molecule has 0 unspecified atom stereocenters. The summed E-state index contributed by atoms with van der Waals surface area (Å²) >= 11 is 0. The summed E-state index contributed by atoms with van der Waals surface area (Å²) in [6.45, 7) is 0. The monoisotopic (exact) mass is 858 g/mol. The maximum atomic E-state index is 11.6. The minimum absolute atomic E-state index is 0.0386. The molecule has 0 saturated heterocycles. The van der Waals surface area contributed by atoms with Crippen molar-refractivity contribution >= 4 is 52.0 Å². The second-order valence-corrected chi connectivity index (χ2v) is 13.4. The van der Waals surface area contributed by atoms with Gasteiger partial charge in [0, 0.05) is 36.4 Å². The van der Waals surface area contributed by atoms with Gasteiger partial charge in [-0.3, -0.25) is 14.7 Å². The summed E-state index contributed by atoms with van der Waals surface area (Å²) in [7, 11) is 8.59. The van der Waals surface area contributed by atoms with Gasteiger partial charge in [0.1, 0.15) is 69.0 Å². The summed E-state index contributed by atoms with van der Waals surface area (Å²) in [5.74, 6) is -1.01. The van der Waals surface area contributed by atoms with Crippen molar-refractivity contribution in [2.75, 3.05) is 57.4 Å². The minimum atomic E-state index is -0.331. The van der Waals surface area contributed by atoms with Gasteiger partial charge < -0.3 is 59.1 Å². The van der Waals surface area contributed by atoms with Crippen molar-refractivity contribution in [3.05, 3.63) is 109 Å². The zero-order valence-electron chi connectivity index (χ0n) is 34.7. The van der Waals surface area contributed by atoms with Crippen molar-refractivity contribution in [3.8, 4) is 69.0 Å². The molecule has 0 spiro atoms. The first kappa shape index (κ1) is 42.5. The lowest BCUT2D eigenvalue weighted by Crippen LogP contribution is -2.22. The van der Waals surface area contributed by atoms with Crippen LogP contribution in [-0.2, 0) is 0 Å². The van der Waals surface area contributed by atoms with Gasteiger partial charge in [0.15, 0.2) is 0 Å². The van der Waals surface area contributed by atoms with Crippen LogP contribution in [0.1, 0.15) is 0 Å². The number of ether oxygens (including phenoxy) is 6. The Hall–Kier alpha value is -8.67. The van der Waals surface area contributed by atoms with Crippen LogP contribution < -0.4 is 43.1 Å². The van der Waals surface area contributed by atoms with E-state index in [9.17, 15) is 30.6 Å². The summed E-state index contributed by atoms with van der Waals surface area (Å²) in [6.07, 6.45) is 0. The van der Waals surface area contributed by atoms with Crippen molar-refractivity contribution in [2.24, 2.45) is 0 Å². The van der Waals surface area contributed by atoms with Crippen LogP contribution in [0.5, 0.6) is 69.0 Å². The van der Waals surface area contributed by atoms with Crippen molar-refractivity contribution < 1.29 is 59.1 Å². The molecule has 18 heteroatoms. The van der Waals surface area contributed by atoms with Gasteiger partial charge in [0.05, 0.1) is 76.8 Å². The number of anilines is 9. The topological polar surface area (TPSA) is 225 Å². The average molecular weight is 859 g/mol. The third-order valence-corrected chi connectivity index (χ3v) is 9.74. The first-order chi connectivity index (χ1) is 30.4. The number of nitrogens with zero attached hydrogens (tertiary/aromatic N) is 6. The first-order valence-corrected chi connectivity index (χ1v) is 18.8. The Kier molecular flexibility index (Phi) is 12.1. The third-order valence-electron chi connectivity index (χ3n) is 9.74. The van der Waals surface area contributed by atoms with E-state index >= 15 is 0 Å². The van der Waals surface area contributed by atoms with Gasteiger partial charge in [-0.05, 0) is 72.8 Å². The summed E-state index contributed by atoms with van der Waals surface area (Å²) in [5.41, 5.74) is 0.231. The minimum Gasteiger partial charge on any atom is -0.506 e. The fourth-order valence-electron chi connectivity index (χ4n) is 6.59. The normalized spacial score (nSPS) is 10.8. The molecule has 324 valence electrons. The molecule has 0 aliphatic carbocycles. The van der Waals surface area contributed by atoms with Crippen LogP contribution >= 0.6 is 0 Å². The Morgan fingerprint density at radius 3 is 0.571 bits per heavy atom. The molecular weight excluding hydrogens is 817 g/mol. The highest BCUT2D eigenvalue weighted by Crippen LogP contribution is 2.50. The lowest BCUT2D eigenvalue weighted by molar-refractivity contribution is 0.407. The van der Waals surface area contributed by atoms with Gasteiger partial charge in [0.2, 0.25) is 17.8 Å². The smallest absolute Gasteiger partial charge is 0.241 e. The van der Waals surface area contributed by atoms with Crippen molar-refractivity contribution in [1.29, 1.82) is 0 Å². The molecule has 0 saturated carbocycles. The van der Waals surface area contributed by atoms with E-state index in [2.05, 4.69) is 0 Å². The Morgan fingerprint density at radius 2 is 0.444 bits per heavy atom. The highest BCUT2D eigenvalue weighted by atomic mass is 16.5. The van der Waals surface area contributed by atoms with Crippen LogP contribution in [0.25, 0.3) is 0 Å². The highest BCUT2D eigenvalue weighted by Gasteiger charge is 2.32. The Labute approximate surface area is 360 Å². The molecule has 0 fully saturated rings. The second-order valence-electron chi connectivity index (χ2n) is 13.4. The molecule has 0 radical (unpaired) electrons. The van der Waals surface area contributed by atoms with Crippen LogP contribution in [0.15, 0.2) is 109 Å². The van der Waals surface area contributed by atoms with Gasteiger partial charge in [-0.25, -0.2) is 0 Å². The molecule has 18 nitrogen and oxygen atoms in total. The number of methoxy groups -OCH3 is 6. The molecule has 0 aliphatic heterocycles. The maximum absolute atomic E-state index is 11.6. The summed E-state index contributed by atoms with van der Waals surface area (Å²) in [5, 5.41) is 69.7. The lowest BCUT2D eigenvalue weighted by atomic mass is 10.2. The van der Waals surface area contributed by atoms with E-state index in [4.69, 9.17) is 43.4 Å². The van der Waals surface area contributed by atoms with E-state index in [1.54, 1.807) is 36.4 Å². The molecule has 1 aromatic heterocycles. The number of benzene rings is 6. The number of aromatic nitrogens is 3. The van der Waals surface area contributed by atoms with Crippen LogP contribution in [0.2, 0.25) is 0 Å². The van der Waals surface area contributed by atoms with E-state index in [1.165, 1.54) is 130 Å². The third kappa shape index (κ3) is 8.40. The number of hydrogen-bond donors (Lipinski definition) is 6. The molecule has 1 heterocycles. The van der Waals surface area contributed by atoms with Gasteiger partial charge in [-0.2, -0.15) is 15.0 Å². The van der Waals surface area contributed by atoms with E-state index in [1.807, 2.05) is 0 Å². The Bertz CT molecular complexity index is 2320. The van der Waals surface area contributed by atoms with Crippen molar-refractivity contribution in [1.82, 2.24) is 15.0 Å². The van der Waals surface area contributed by atoms with Crippen molar-refractivity contribution in [2.45, 2.75) is 0 Å². The number of phenolic OH excluding ortho intramolecular Hbond substituents is 6. The van der Waals surface area contributed by atoms with Crippen molar-refractivity contribution in [3.63, 3.8) is 0 Å². The highest BCUT2D eigenvalue weighted by molar-refractivity contribution is 5.87. The molecule has 0 amide bonds. The fourth-order valence-corrected chi connectivity index (χ4v) is 6.59. The first-order valence-electron chi connectivity index (χ1n) is 18.8. The van der Waals surface area contributed by atoms with Crippen LogP contribution in [0.3, 0.4) is 0 Å².